The molecule has 3 N–H and O–H groups in total. The fourth-order valence-electron chi connectivity index (χ4n) is 0.859. The third kappa shape index (κ3) is 2.72. The van der Waals surface area contributed by atoms with Crippen LogP contribution in [0.15, 0.2) is 15.6 Å². The van der Waals surface area contributed by atoms with Crippen LogP contribution in [0.4, 0.5) is 18.0 Å². The molecule has 4 nitrogen and oxygen atoms in total. The summed E-state index contributed by atoms with van der Waals surface area (Å²) in [5.41, 5.74) is 5.66. The zero-order valence-corrected chi connectivity index (χ0v) is 9.19. The van der Waals surface area contributed by atoms with E-state index in [2.05, 4.69) is 26.8 Å². The minimum atomic E-state index is -1.41. The van der Waals surface area contributed by atoms with Crippen LogP contribution >= 0.6 is 15.9 Å². The smallest absolute Gasteiger partial charge is 0.332 e. The standard InChI is InChI=1S/C8H5BrF3N3O/c9-4-1-5(10)3(6(11)7(4)12)2-14-15-8(13)16/h1-2H,(H3,13,15,16). The topological polar surface area (TPSA) is 67.5 Å². The maximum atomic E-state index is 13.2. The molecule has 0 heterocycles. The van der Waals surface area contributed by atoms with Gasteiger partial charge in [0.15, 0.2) is 11.6 Å². The van der Waals surface area contributed by atoms with E-state index in [4.69, 9.17) is 0 Å². The molecule has 16 heavy (non-hydrogen) atoms. The number of nitrogens with zero attached hydrogens (tertiary/aromatic N) is 1. The van der Waals surface area contributed by atoms with Crippen molar-refractivity contribution in [2.45, 2.75) is 0 Å². The van der Waals surface area contributed by atoms with Gasteiger partial charge in [0.25, 0.3) is 0 Å². The second-order valence-corrected chi connectivity index (χ2v) is 3.47. The van der Waals surface area contributed by atoms with E-state index in [0.717, 1.165) is 6.07 Å². The number of hydrogen-bond acceptors (Lipinski definition) is 2. The van der Waals surface area contributed by atoms with Crippen molar-refractivity contribution in [3.8, 4) is 0 Å². The predicted octanol–water partition coefficient (Wildman–Crippen LogP) is 1.87. The highest BCUT2D eigenvalue weighted by molar-refractivity contribution is 9.10. The van der Waals surface area contributed by atoms with Crippen molar-refractivity contribution >= 4 is 28.2 Å². The molecular formula is C8H5BrF3N3O. The summed E-state index contributed by atoms with van der Waals surface area (Å²) in [4.78, 5) is 10.2. The maximum absolute atomic E-state index is 13.2. The number of rotatable bonds is 2. The van der Waals surface area contributed by atoms with Crippen LogP contribution in [0.25, 0.3) is 0 Å². The number of carbonyl (C=O) groups is 1. The second-order valence-electron chi connectivity index (χ2n) is 2.62. The molecule has 0 aliphatic rings. The van der Waals surface area contributed by atoms with Crippen LogP contribution in [0, 0.1) is 17.5 Å². The lowest BCUT2D eigenvalue weighted by Crippen LogP contribution is -2.24. The Labute approximate surface area is 96.4 Å². The molecular weight excluding hydrogens is 291 g/mol. The van der Waals surface area contributed by atoms with E-state index >= 15 is 0 Å². The molecule has 0 fully saturated rings. The first-order chi connectivity index (χ1) is 7.43. The maximum Gasteiger partial charge on any atom is 0.332 e. The van der Waals surface area contributed by atoms with Gasteiger partial charge in [-0.2, -0.15) is 5.10 Å². The quantitative estimate of drug-likeness (QED) is 0.372. The summed E-state index contributed by atoms with van der Waals surface area (Å²) >= 11 is 2.63. The molecule has 0 saturated heterocycles. The Kier molecular flexibility index (Phi) is 3.88. The third-order valence-corrected chi connectivity index (χ3v) is 2.10. The van der Waals surface area contributed by atoms with E-state index in [9.17, 15) is 18.0 Å². The lowest BCUT2D eigenvalue weighted by atomic mass is 10.2. The number of hydrogen-bond donors (Lipinski definition) is 2. The molecule has 0 aliphatic carbocycles. The number of benzene rings is 1. The van der Waals surface area contributed by atoms with E-state index in [1.165, 1.54) is 0 Å². The SMILES string of the molecule is NC(=O)NN=Cc1c(F)cc(Br)c(F)c1F. The molecule has 1 rings (SSSR count). The largest absolute Gasteiger partial charge is 0.350 e. The molecule has 0 radical (unpaired) electrons. The third-order valence-electron chi connectivity index (χ3n) is 1.52. The van der Waals surface area contributed by atoms with Gasteiger partial charge in [0.2, 0.25) is 0 Å². The van der Waals surface area contributed by atoms with E-state index in [-0.39, 0.29) is 4.47 Å². The number of halogens is 4. The van der Waals surface area contributed by atoms with Crippen LogP contribution in [0.5, 0.6) is 0 Å². The molecule has 2 amide bonds. The van der Waals surface area contributed by atoms with Gasteiger partial charge < -0.3 is 5.73 Å². The highest BCUT2D eigenvalue weighted by Gasteiger charge is 2.15. The number of urea groups is 1. The highest BCUT2D eigenvalue weighted by atomic mass is 79.9. The Hall–Kier alpha value is -1.57. The van der Waals surface area contributed by atoms with E-state index in [0.29, 0.717) is 6.21 Å². The molecule has 1 aromatic rings. The van der Waals surface area contributed by atoms with E-state index < -0.39 is 29.0 Å². The van der Waals surface area contributed by atoms with Gasteiger partial charge in [0.1, 0.15) is 5.82 Å². The number of carbonyl (C=O) groups excluding carboxylic acids is 1. The van der Waals surface area contributed by atoms with Gasteiger partial charge in [-0.3, -0.25) is 0 Å². The van der Waals surface area contributed by atoms with Gasteiger partial charge >= 0.3 is 6.03 Å². The molecule has 8 heteroatoms. The van der Waals surface area contributed by atoms with E-state index in [1.54, 1.807) is 5.43 Å². The summed E-state index contributed by atoms with van der Waals surface area (Å²) in [6.45, 7) is 0. The molecule has 0 aliphatic heterocycles. The van der Waals surface area contributed by atoms with Gasteiger partial charge in [0.05, 0.1) is 16.3 Å². The first kappa shape index (κ1) is 12.5. The van der Waals surface area contributed by atoms with Crippen molar-refractivity contribution in [3.05, 3.63) is 33.6 Å². The molecule has 0 saturated carbocycles. The lowest BCUT2D eigenvalue weighted by Gasteiger charge is -2.02. The normalized spacial score (nSPS) is 10.8. The number of hydrazone groups is 1. The van der Waals surface area contributed by atoms with Crippen LogP contribution in [0.1, 0.15) is 5.56 Å². The van der Waals surface area contributed by atoms with Crippen molar-refractivity contribution in [2.75, 3.05) is 0 Å². The van der Waals surface area contributed by atoms with Crippen LogP contribution in [-0.4, -0.2) is 12.2 Å². The fourth-order valence-corrected chi connectivity index (χ4v) is 1.23. The summed E-state index contributed by atoms with van der Waals surface area (Å²) in [7, 11) is 0. The lowest BCUT2D eigenvalue weighted by molar-refractivity contribution is 0.249. The number of primary amides is 1. The number of nitrogens with one attached hydrogen (secondary N) is 1. The van der Waals surface area contributed by atoms with Gasteiger partial charge in [-0.1, -0.05) is 0 Å². The Bertz CT molecular complexity index is 464. The average molecular weight is 296 g/mol. The minimum Gasteiger partial charge on any atom is -0.350 e. The summed E-state index contributed by atoms with van der Waals surface area (Å²) in [5, 5.41) is 3.12. The number of amides is 2. The molecule has 0 aromatic heterocycles. The second kappa shape index (κ2) is 4.97. The zero-order chi connectivity index (χ0) is 12.3. The van der Waals surface area contributed by atoms with Crippen molar-refractivity contribution in [2.24, 2.45) is 10.8 Å². The van der Waals surface area contributed by atoms with Crippen molar-refractivity contribution in [1.82, 2.24) is 5.43 Å². The monoisotopic (exact) mass is 295 g/mol. The molecule has 0 atom stereocenters. The average Bonchev–Trinajstić information content (AvgIpc) is 2.19. The Morgan fingerprint density at radius 3 is 2.62 bits per heavy atom. The van der Waals surface area contributed by atoms with Gasteiger partial charge in [0, 0.05) is 0 Å². The van der Waals surface area contributed by atoms with Gasteiger partial charge in [-0.15, -0.1) is 0 Å². The summed E-state index contributed by atoms with van der Waals surface area (Å²) in [6.07, 6.45) is 0.616. The van der Waals surface area contributed by atoms with Crippen LogP contribution in [-0.2, 0) is 0 Å². The molecule has 86 valence electrons. The minimum absolute atomic E-state index is 0.345. The zero-order valence-electron chi connectivity index (χ0n) is 7.60. The van der Waals surface area contributed by atoms with Crippen LogP contribution in [0.2, 0.25) is 0 Å². The van der Waals surface area contributed by atoms with Crippen LogP contribution < -0.4 is 11.2 Å². The molecule has 1 aromatic carbocycles. The predicted molar refractivity (Wildman–Crippen MR) is 54.3 cm³/mol. The molecule has 0 unspecified atom stereocenters. The Balaban J connectivity index is 3.09. The fraction of sp³-hybridized carbons (Fsp3) is 0. The van der Waals surface area contributed by atoms with Crippen molar-refractivity contribution in [1.29, 1.82) is 0 Å². The van der Waals surface area contributed by atoms with Crippen LogP contribution in [0.3, 0.4) is 0 Å². The van der Waals surface area contributed by atoms with Gasteiger partial charge in [-0.05, 0) is 22.0 Å². The Morgan fingerprint density at radius 2 is 2.06 bits per heavy atom. The van der Waals surface area contributed by atoms with Gasteiger partial charge in [-0.25, -0.2) is 23.4 Å². The number of nitrogens with two attached hydrogens (primary N) is 1. The molecule has 0 spiro atoms. The van der Waals surface area contributed by atoms with Crippen molar-refractivity contribution in [3.63, 3.8) is 0 Å². The summed E-state index contributed by atoms with van der Waals surface area (Å²) in [6, 6.07) is -0.265. The molecule has 0 bridgehead atoms. The summed E-state index contributed by atoms with van der Waals surface area (Å²) < 4.78 is 39.0. The Morgan fingerprint density at radius 1 is 1.44 bits per heavy atom. The van der Waals surface area contributed by atoms with Crippen molar-refractivity contribution < 1.29 is 18.0 Å². The summed E-state index contributed by atoms with van der Waals surface area (Å²) in [5.74, 6) is -3.69. The highest BCUT2D eigenvalue weighted by Crippen LogP contribution is 2.22. The van der Waals surface area contributed by atoms with E-state index in [1.807, 2.05) is 0 Å². The first-order valence-electron chi connectivity index (χ1n) is 3.85. The first-order valence-corrected chi connectivity index (χ1v) is 4.64.